The molecule has 1 saturated heterocycles. The number of nitrogens with zero attached hydrogens (tertiary/aromatic N) is 4. The molecule has 208 valence electrons. The monoisotopic (exact) mass is 538 g/mol. The summed E-state index contributed by atoms with van der Waals surface area (Å²) in [5.41, 5.74) is 6.90. The van der Waals surface area contributed by atoms with Crippen molar-refractivity contribution in [1.82, 2.24) is 9.55 Å². The summed E-state index contributed by atoms with van der Waals surface area (Å²) in [6.45, 7) is 9.29. The second-order valence-electron chi connectivity index (χ2n) is 10.8. The number of fused-ring (bicyclic) bond motifs is 1. The van der Waals surface area contributed by atoms with Crippen LogP contribution in [0.1, 0.15) is 48.7 Å². The molecule has 5 rings (SSSR count). The van der Waals surface area contributed by atoms with Gasteiger partial charge in [-0.05, 0) is 62.6 Å². The van der Waals surface area contributed by atoms with Gasteiger partial charge in [0.05, 0.1) is 29.4 Å². The van der Waals surface area contributed by atoms with Gasteiger partial charge in [0.1, 0.15) is 12.4 Å². The molecule has 1 fully saturated rings. The summed E-state index contributed by atoms with van der Waals surface area (Å²) < 4.78 is 7.52. The number of carbonyl (C=O) groups excluding carboxylic acids is 2. The molecule has 4 aromatic rings. The molecule has 40 heavy (non-hydrogen) atoms. The molecule has 7 nitrogen and oxygen atoms in total. The van der Waals surface area contributed by atoms with Crippen LogP contribution in [0.2, 0.25) is 0 Å². The first-order valence-electron chi connectivity index (χ1n) is 14.0. The van der Waals surface area contributed by atoms with Gasteiger partial charge in [0, 0.05) is 31.7 Å². The van der Waals surface area contributed by atoms with Crippen molar-refractivity contribution in [2.75, 3.05) is 30.1 Å². The Morgan fingerprint density at radius 2 is 1.82 bits per heavy atom. The topological polar surface area (TPSA) is 67.7 Å². The number of hydrogen-bond acceptors (Lipinski definition) is 4. The molecule has 0 radical (unpaired) electrons. The standard InChI is InChI=1S/C33H38N4O3/c1-6-25-11-9-10-23(3)32(25)37(24(4)21-40-5)31(39)20-36-29-13-8-7-12-28(29)34-33(36)26-18-30(38)35(19-26)27-16-14-22(2)15-17-27/h7-17,24,26H,6,18-21H2,1-5H3/t24-,26+/m0/s1. The van der Waals surface area contributed by atoms with Crippen LogP contribution >= 0.6 is 0 Å². The Morgan fingerprint density at radius 1 is 1.07 bits per heavy atom. The normalized spacial score (nSPS) is 16.1. The zero-order valence-electron chi connectivity index (χ0n) is 24.1. The van der Waals surface area contributed by atoms with E-state index in [1.54, 1.807) is 7.11 Å². The third-order valence-corrected chi connectivity index (χ3v) is 7.87. The number of para-hydroxylation sites is 3. The Labute approximate surface area is 236 Å². The lowest BCUT2D eigenvalue weighted by Gasteiger charge is -2.32. The van der Waals surface area contributed by atoms with Crippen LogP contribution in [0.5, 0.6) is 0 Å². The lowest BCUT2D eigenvalue weighted by atomic mass is 10.0. The summed E-state index contributed by atoms with van der Waals surface area (Å²) in [5, 5.41) is 0. The average molecular weight is 539 g/mol. The lowest BCUT2D eigenvalue weighted by molar-refractivity contribution is -0.120. The van der Waals surface area contributed by atoms with Gasteiger partial charge < -0.3 is 19.1 Å². The van der Waals surface area contributed by atoms with E-state index in [1.807, 2.05) is 82.8 Å². The van der Waals surface area contributed by atoms with Crippen molar-refractivity contribution in [3.63, 3.8) is 0 Å². The van der Waals surface area contributed by atoms with Crippen molar-refractivity contribution >= 4 is 34.2 Å². The Balaban J connectivity index is 1.53. The molecule has 1 aliphatic rings. The molecule has 0 unspecified atom stereocenters. The Morgan fingerprint density at radius 3 is 2.55 bits per heavy atom. The molecule has 2 atom stereocenters. The number of rotatable bonds is 9. The molecule has 0 N–H and O–H groups in total. The van der Waals surface area contributed by atoms with Crippen LogP contribution in [0.3, 0.4) is 0 Å². The molecule has 0 bridgehead atoms. The van der Waals surface area contributed by atoms with Gasteiger partial charge in [-0.2, -0.15) is 0 Å². The maximum atomic E-state index is 14.3. The number of carbonyl (C=O) groups is 2. The van der Waals surface area contributed by atoms with E-state index >= 15 is 0 Å². The summed E-state index contributed by atoms with van der Waals surface area (Å²) in [5.74, 6) is 0.695. The smallest absolute Gasteiger partial charge is 0.247 e. The highest BCUT2D eigenvalue weighted by atomic mass is 16.5. The molecular formula is C33H38N4O3. The van der Waals surface area contributed by atoms with Crippen LogP contribution in [-0.4, -0.2) is 47.7 Å². The number of benzene rings is 3. The van der Waals surface area contributed by atoms with Crippen LogP contribution in [0.15, 0.2) is 66.7 Å². The van der Waals surface area contributed by atoms with Crippen molar-refractivity contribution in [3.8, 4) is 0 Å². The number of ether oxygens (including phenoxy) is 1. The minimum absolute atomic E-state index is 0.0299. The van der Waals surface area contributed by atoms with Crippen LogP contribution in [0, 0.1) is 13.8 Å². The fourth-order valence-corrected chi connectivity index (χ4v) is 5.89. The molecule has 0 spiro atoms. The largest absolute Gasteiger partial charge is 0.383 e. The second-order valence-corrected chi connectivity index (χ2v) is 10.8. The quantitative estimate of drug-likeness (QED) is 0.270. The molecule has 0 aliphatic carbocycles. The van der Waals surface area contributed by atoms with E-state index in [0.29, 0.717) is 19.6 Å². The van der Waals surface area contributed by atoms with E-state index in [4.69, 9.17) is 9.72 Å². The third kappa shape index (κ3) is 5.26. The first kappa shape index (κ1) is 27.6. The Bertz CT molecular complexity index is 1520. The number of aromatic nitrogens is 2. The maximum Gasteiger partial charge on any atom is 0.247 e. The van der Waals surface area contributed by atoms with Gasteiger partial charge in [-0.15, -0.1) is 0 Å². The van der Waals surface area contributed by atoms with Crippen LogP contribution in [-0.2, 0) is 27.3 Å². The first-order chi connectivity index (χ1) is 19.3. The Hall–Kier alpha value is -3.97. The van der Waals surface area contributed by atoms with Gasteiger partial charge in [0.2, 0.25) is 11.8 Å². The summed E-state index contributed by atoms with van der Waals surface area (Å²) in [6, 6.07) is 21.9. The first-order valence-corrected chi connectivity index (χ1v) is 14.0. The van der Waals surface area contributed by atoms with Crippen molar-refractivity contribution in [2.45, 2.75) is 59.0 Å². The summed E-state index contributed by atoms with van der Waals surface area (Å²) >= 11 is 0. The van der Waals surface area contributed by atoms with Crippen molar-refractivity contribution in [1.29, 1.82) is 0 Å². The van der Waals surface area contributed by atoms with Gasteiger partial charge in [0.15, 0.2) is 0 Å². The zero-order valence-corrected chi connectivity index (χ0v) is 24.1. The fourth-order valence-electron chi connectivity index (χ4n) is 5.89. The third-order valence-electron chi connectivity index (χ3n) is 7.87. The predicted octanol–water partition coefficient (Wildman–Crippen LogP) is 5.80. The van der Waals surface area contributed by atoms with E-state index in [-0.39, 0.29) is 30.3 Å². The van der Waals surface area contributed by atoms with Crippen molar-refractivity contribution in [3.05, 3.63) is 89.2 Å². The van der Waals surface area contributed by atoms with E-state index in [0.717, 1.165) is 51.3 Å². The summed E-state index contributed by atoms with van der Waals surface area (Å²) in [4.78, 5) is 36.2. The molecule has 3 aromatic carbocycles. The van der Waals surface area contributed by atoms with E-state index in [2.05, 4.69) is 26.0 Å². The molecule has 1 aliphatic heterocycles. The van der Waals surface area contributed by atoms with Gasteiger partial charge >= 0.3 is 0 Å². The van der Waals surface area contributed by atoms with Gasteiger partial charge in [-0.1, -0.05) is 55.0 Å². The maximum absolute atomic E-state index is 14.3. The molecule has 0 saturated carbocycles. The van der Waals surface area contributed by atoms with E-state index < -0.39 is 0 Å². The van der Waals surface area contributed by atoms with Gasteiger partial charge in [-0.3, -0.25) is 9.59 Å². The van der Waals surface area contributed by atoms with Crippen molar-refractivity contribution in [2.24, 2.45) is 0 Å². The SMILES string of the molecule is CCc1cccc(C)c1N(C(=O)Cn1c([C@@H]2CC(=O)N(c3ccc(C)cc3)C2)nc2ccccc21)[C@@H](C)COC. The summed E-state index contributed by atoms with van der Waals surface area (Å²) in [6.07, 6.45) is 1.17. The molecular weight excluding hydrogens is 500 g/mol. The van der Waals surface area contributed by atoms with Crippen LogP contribution in [0.25, 0.3) is 11.0 Å². The number of amides is 2. The number of imidazole rings is 1. The number of hydrogen-bond donors (Lipinski definition) is 0. The van der Waals surface area contributed by atoms with Crippen LogP contribution in [0.4, 0.5) is 11.4 Å². The highest BCUT2D eigenvalue weighted by molar-refractivity contribution is 5.98. The van der Waals surface area contributed by atoms with Crippen LogP contribution < -0.4 is 9.80 Å². The minimum Gasteiger partial charge on any atom is -0.383 e. The van der Waals surface area contributed by atoms with E-state index in [9.17, 15) is 9.59 Å². The highest BCUT2D eigenvalue weighted by Crippen LogP contribution is 2.34. The molecule has 1 aromatic heterocycles. The number of aryl methyl sites for hydroxylation is 3. The number of methoxy groups -OCH3 is 1. The highest BCUT2D eigenvalue weighted by Gasteiger charge is 2.36. The van der Waals surface area contributed by atoms with Crippen molar-refractivity contribution < 1.29 is 14.3 Å². The van der Waals surface area contributed by atoms with Gasteiger partial charge in [-0.25, -0.2) is 4.98 Å². The summed E-state index contributed by atoms with van der Waals surface area (Å²) in [7, 11) is 1.66. The Kier molecular flexibility index (Phi) is 8.03. The fraction of sp³-hybridized carbons (Fsp3) is 0.364. The molecule has 7 heteroatoms. The molecule has 2 heterocycles. The second kappa shape index (κ2) is 11.6. The lowest BCUT2D eigenvalue weighted by Crippen LogP contribution is -2.44. The zero-order chi connectivity index (χ0) is 28.4. The average Bonchev–Trinajstić information content (AvgIpc) is 3.50. The van der Waals surface area contributed by atoms with E-state index in [1.165, 1.54) is 0 Å². The number of anilines is 2. The van der Waals surface area contributed by atoms with Gasteiger partial charge in [0.25, 0.3) is 0 Å². The predicted molar refractivity (Wildman–Crippen MR) is 160 cm³/mol. The molecule has 2 amide bonds. The minimum atomic E-state index is -0.160.